The molecular weight excluding hydrogens is 507 g/mol. The average molecular weight is 544 g/mol. The van der Waals surface area contributed by atoms with E-state index in [1.807, 2.05) is 0 Å². The van der Waals surface area contributed by atoms with Crippen LogP contribution >= 0.6 is 7.26 Å². The molecule has 0 saturated carbocycles. The zero-order chi connectivity index (χ0) is 24.0. The second kappa shape index (κ2) is 9.68. The van der Waals surface area contributed by atoms with E-state index in [0.29, 0.717) is 0 Å². The summed E-state index contributed by atoms with van der Waals surface area (Å²) >= 11 is 0. The number of benzene rings is 4. The molecule has 4 aromatic rings. The van der Waals surface area contributed by atoms with Gasteiger partial charge in [0, 0.05) is 5.56 Å². The van der Waals surface area contributed by atoms with Gasteiger partial charge in [0.05, 0.1) is 6.66 Å². The number of rotatable bonds is 4. The van der Waals surface area contributed by atoms with Crippen LogP contribution in [0.4, 0.5) is 0 Å². The normalized spacial score (nSPS) is 16.1. The van der Waals surface area contributed by atoms with Gasteiger partial charge in [0.15, 0.2) is 0 Å². The van der Waals surface area contributed by atoms with Crippen molar-refractivity contribution < 1.29 is 17.0 Å². The Morgan fingerprint density at radius 1 is 0.571 bits per heavy atom. The second-order valence-electron chi connectivity index (χ2n) is 11.2. The lowest BCUT2D eigenvalue weighted by Gasteiger charge is -2.42. The number of halogens is 1. The molecule has 0 spiro atoms. The Bertz CT molecular complexity index is 1270. The van der Waals surface area contributed by atoms with Crippen molar-refractivity contribution in [1.82, 2.24) is 0 Å². The van der Waals surface area contributed by atoms with E-state index in [9.17, 15) is 0 Å². The molecule has 0 nitrogen and oxygen atoms in total. The molecule has 0 saturated heterocycles. The van der Waals surface area contributed by atoms with Crippen molar-refractivity contribution >= 4 is 23.2 Å². The molecule has 4 aromatic carbocycles. The van der Waals surface area contributed by atoms with Gasteiger partial charge in [-0.1, -0.05) is 100 Å². The highest BCUT2D eigenvalue weighted by molar-refractivity contribution is 7.95. The lowest BCUT2D eigenvalue weighted by Crippen LogP contribution is -3.00. The lowest BCUT2D eigenvalue weighted by atomic mass is 9.63. The van der Waals surface area contributed by atoms with Gasteiger partial charge in [-0.15, -0.1) is 0 Å². The fourth-order valence-electron chi connectivity index (χ4n) is 5.74. The van der Waals surface area contributed by atoms with E-state index < -0.39 is 7.26 Å². The highest BCUT2D eigenvalue weighted by Crippen LogP contribution is 2.54. The van der Waals surface area contributed by atoms with Crippen LogP contribution in [-0.4, -0.2) is 6.66 Å². The van der Waals surface area contributed by atoms with Gasteiger partial charge in [-0.3, -0.25) is 0 Å². The van der Waals surface area contributed by atoms with Gasteiger partial charge >= 0.3 is 0 Å². The first-order chi connectivity index (χ1) is 16.2. The molecule has 0 bridgehead atoms. The summed E-state index contributed by atoms with van der Waals surface area (Å²) in [6, 6.07) is 38.7. The summed E-state index contributed by atoms with van der Waals surface area (Å²) in [6.45, 7) is 12.1. The molecule has 1 aliphatic carbocycles. The zero-order valence-electron chi connectivity index (χ0n) is 21.6. The van der Waals surface area contributed by atoms with Gasteiger partial charge in [-0.05, 0) is 70.7 Å². The van der Waals surface area contributed by atoms with Crippen molar-refractivity contribution in [3.05, 3.63) is 114 Å². The van der Waals surface area contributed by atoms with Crippen LogP contribution in [0, 0.1) is 0 Å². The maximum Gasteiger partial charge on any atom is 0.112 e. The first kappa shape index (κ1) is 25.9. The van der Waals surface area contributed by atoms with Crippen molar-refractivity contribution in [3.8, 4) is 11.1 Å². The quantitative estimate of drug-likeness (QED) is 0.330. The molecule has 0 aliphatic heterocycles. The Morgan fingerprint density at radius 3 is 1.63 bits per heavy atom. The molecule has 180 valence electrons. The molecule has 0 heterocycles. The fourth-order valence-corrected chi connectivity index (χ4v) is 9.20. The Labute approximate surface area is 222 Å². The van der Waals surface area contributed by atoms with E-state index in [1.165, 1.54) is 51.0 Å². The highest BCUT2D eigenvalue weighted by atomic mass is 79.9. The summed E-state index contributed by atoms with van der Waals surface area (Å²) in [5, 5.41) is 4.31. The molecule has 0 fully saturated rings. The topological polar surface area (TPSA) is 0 Å². The van der Waals surface area contributed by atoms with Crippen LogP contribution in [0.5, 0.6) is 0 Å². The van der Waals surface area contributed by atoms with Gasteiger partial charge in [0.2, 0.25) is 0 Å². The van der Waals surface area contributed by atoms with Gasteiger partial charge in [-0.2, -0.15) is 0 Å². The van der Waals surface area contributed by atoms with Crippen molar-refractivity contribution in [2.45, 2.75) is 51.4 Å². The maximum atomic E-state index is 2.51. The van der Waals surface area contributed by atoms with Crippen LogP contribution in [0.25, 0.3) is 11.1 Å². The highest BCUT2D eigenvalue weighted by Gasteiger charge is 2.42. The second-order valence-corrected chi connectivity index (χ2v) is 14.7. The van der Waals surface area contributed by atoms with Crippen LogP contribution in [-0.2, 0) is 10.8 Å². The first-order valence-electron chi connectivity index (χ1n) is 12.5. The van der Waals surface area contributed by atoms with Crippen LogP contribution in [0.1, 0.15) is 51.7 Å². The van der Waals surface area contributed by atoms with Gasteiger partial charge < -0.3 is 17.0 Å². The Kier molecular flexibility index (Phi) is 7.16. The monoisotopic (exact) mass is 542 g/mol. The summed E-state index contributed by atoms with van der Waals surface area (Å²) in [5.74, 6) is 0. The standard InChI is InChI=1S/C33H36P.BrH/c1-32(2)22-23-33(3,4)30-24-25(20-21-29(30)32)28-18-12-13-19-31(28)34(5,26-14-8-6-9-15-26)27-16-10-7-11-17-27;/h6-21,24H,22-23H2,1-5H3;1H/q+1;/p-1. The van der Waals surface area contributed by atoms with Gasteiger partial charge in [0.25, 0.3) is 0 Å². The van der Waals surface area contributed by atoms with Crippen LogP contribution in [0.15, 0.2) is 103 Å². The summed E-state index contributed by atoms with van der Waals surface area (Å²) in [7, 11) is -1.82. The third-order valence-electron chi connectivity index (χ3n) is 8.09. The van der Waals surface area contributed by atoms with E-state index in [0.717, 1.165) is 0 Å². The summed E-state index contributed by atoms with van der Waals surface area (Å²) in [6.07, 6.45) is 2.48. The molecule has 2 heteroatoms. The predicted molar refractivity (Wildman–Crippen MR) is 152 cm³/mol. The Hall–Kier alpha value is -2.21. The number of fused-ring (bicyclic) bond motifs is 1. The molecule has 0 atom stereocenters. The average Bonchev–Trinajstić information content (AvgIpc) is 2.87. The van der Waals surface area contributed by atoms with E-state index in [2.05, 4.69) is 137 Å². The van der Waals surface area contributed by atoms with E-state index in [4.69, 9.17) is 0 Å². The minimum Gasteiger partial charge on any atom is -1.00 e. The number of hydrogen-bond donors (Lipinski definition) is 0. The lowest BCUT2D eigenvalue weighted by molar-refractivity contribution is -0.00000726. The third kappa shape index (κ3) is 4.54. The van der Waals surface area contributed by atoms with Gasteiger partial charge in [0.1, 0.15) is 23.2 Å². The number of hydrogen-bond acceptors (Lipinski definition) is 0. The summed E-state index contributed by atoms with van der Waals surface area (Å²) in [5.41, 5.74) is 6.20. The largest absolute Gasteiger partial charge is 1.00 e. The minimum absolute atomic E-state index is 0. The third-order valence-corrected chi connectivity index (χ3v) is 12.1. The van der Waals surface area contributed by atoms with Crippen molar-refractivity contribution in [2.24, 2.45) is 0 Å². The molecule has 5 rings (SSSR count). The van der Waals surface area contributed by atoms with E-state index in [1.54, 1.807) is 0 Å². The SMILES string of the molecule is CC1(C)CCC(C)(C)c2cc(-c3ccccc3[P+](C)(c3ccccc3)c3ccccc3)ccc21.[Br-]. The molecule has 1 aliphatic rings. The van der Waals surface area contributed by atoms with Crippen LogP contribution < -0.4 is 32.9 Å². The van der Waals surface area contributed by atoms with Crippen molar-refractivity contribution in [3.63, 3.8) is 0 Å². The molecule has 0 radical (unpaired) electrons. The summed E-state index contributed by atoms with van der Waals surface area (Å²) in [4.78, 5) is 0. The van der Waals surface area contributed by atoms with E-state index in [-0.39, 0.29) is 27.8 Å². The maximum absolute atomic E-state index is 2.51. The van der Waals surface area contributed by atoms with Crippen LogP contribution in [0.2, 0.25) is 0 Å². The Balaban J connectivity index is 0.00000289. The smallest absolute Gasteiger partial charge is 0.112 e. The fraction of sp³-hybridized carbons (Fsp3) is 0.273. The van der Waals surface area contributed by atoms with Gasteiger partial charge in [-0.25, -0.2) is 0 Å². The van der Waals surface area contributed by atoms with E-state index >= 15 is 0 Å². The molecular formula is C33H36BrP. The minimum atomic E-state index is -1.82. The van der Waals surface area contributed by atoms with Crippen molar-refractivity contribution in [1.29, 1.82) is 0 Å². The predicted octanol–water partition coefficient (Wildman–Crippen LogP) is 4.63. The van der Waals surface area contributed by atoms with Crippen LogP contribution in [0.3, 0.4) is 0 Å². The summed E-state index contributed by atoms with van der Waals surface area (Å²) < 4.78 is 0. The molecule has 0 N–H and O–H groups in total. The zero-order valence-corrected chi connectivity index (χ0v) is 24.0. The molecule has 35 heavy (non-hydrogen) atoms. The molecule has 0 amide bonds. The Morgan fingerprint density at radius 2 is 1.06 bits per heavy atom. The first-order valence-corrected chi connectivity index (χ1v) is 14.7. The molecule has 0 unspecified atom stereocenters. The molecule has 0 aromatic heterocycles. The van der Waals surface area contributed by atoms with Crippen molar-refractivity contribution in [2.75, 3.05) is 6.66 Å².